The van der Waals surface area contributed by atoms with E-state index in [-0.39, 0.29) is 21.1 Å². The van der Waals surface area contributed by atoms with Crippen molar-refractivity contribution in [3.05, 3.63) is 114 Å². The molecule has 4 aromatic rings. The van der Waals surface area contributed by atoms with Gasteiger partial charge in [-0.05, 0) is 71.8 Å². The van der Waals surface area contributed by atoms with Crippen LogP contribution in [0, 0.1) is 0 Å². The van der Waals surface area contributed by atoms with E-state index in [2.05, 4.69) is 32.0 Å². The first-order valence-corrected chi connectivity index (χ1v) is 13.2. The standard InChI is InChI=1S/C29H27ClO4S/c1-29(2,22-9-12-24(33-3)13-10-22)23-11-18-28(21(19-23)20-30)34-25-14-16-27(17-15-25)35(31,32)26-7-5-4-6-8-26/h4-19H,20H2,1-3H3. The predicted molar refractivity (Wildman–Crippen MR) is 140 cm³/mol. The Bertz CT molecular complexity index is 1400. The Hall–Kier alpha value is -3.28. The highest BCUT2D eigenvalue weighted by molar-refractivity contribution is 7.91. The monoisotopic (exact) mass is 506 g/mol. The zero-order valence-electron chi connectivity index (χ0n) is 19.9. The van der Waals surface area contributed by atoms with Gasteiger partial charge in [-0.25, -0.2) is 8.42 Å². The molecule has 0 spiro atoms. The Morgan fingerprint density at radius 2 is 1.31 bits per heavy atom. The molecule has 35 heavy (non-hydrogen) atoms. The fraction of sp³-hybridized carbons (Fsp3) is 0.172. The smallest absolute Gasteiger partial charge is 0.206 e. The minimum Gasteiger partial charge on any atom is -0.497 e. The summed E-state index contributed by atoms with van der Waals surface area (Å²) in [6, 6.07) is 28.8. The molecule has 0 amide bonds. The van der Waals surface area contributed by atoms with Crippen LogP contribution in [0.25, 0.3) is 0 Å². The number of hydrogen-bond donors (Lipinski definition) is 0. The van der Waals surface area contributed by atoms with E-state index in [0.29, 0.717) is 11.5 Å². The van der Waals surface area contributed by atoms with E-state index in [1.807, 2.05) is 24.3 Å². The molecule has 0 unspecified atom stereocenters. The van der Waals surface area contributed by atoms with Gasteiger partial charge in [0.15, 0.2) is 0 Å². The van der Waals surface area contributed by atoms with Crippen LogP contribution >= 0.6 is 11.6 Å². The summed E-state index contributed by atoms with van der Waals surface area (Å²) in [4.78, 5) is 0.471. The summed E-state index contributed by atoms with van der Waals surface area (Å²) in [5.74, 6) is 2.26. The van der Waals surface area contributed by atoms with Gasteiger partial charge in [-0.2, -0.15) is 0 Å². The van der Waals surface area contributed by atoms with E-state index >= 15 is 0 Å². The lowest BCUT2D eigenvalue weighted by atomic mass is 9.77. The highest BCUT2D eigenvalue weighted by Gasteiger charge is 2.24. The largest absolute Gasteiger partial charge is 0.497 e. The molecule has 0 aliphatic heterocycles. The first-order chi connectivity index (χ1) is 16.8. The van der Waals surface area contributed by atoms with Crippen LogP contribution in [0.5, 0.6) is 17.2 Å². The summed E-state index contributed by atoms with van der Waals surface area (Å²) in [7, 11) is -1.92. The number of ether oxygens (including phenoxy) is 2. The molecule has 4 rings (SSSR count). The summed E-state index contributed by atoms with van der Waals surface area (Å²) >= 11 is 6.28. The van der Waals surface area contributed by atoms with Crippen LogP contribution < -0.4 is 9.47 Å². The third kappa shape index (κ3) is 5.21. The summed E-state index contributed by atoms with van der Waals surface area (Å²) in [6.45, 7) is 4.32. The maximum atomic E-state index is 12.8. The Morgan fingerprint density at radius 3 is 1.91 bits per heavy atom. The molecule has 0 bridgehead atoms. The molecule has 6 heteroatoms. The molecular weight excluding hydrogens is 480 g/mol. The molecule has 0 aromatic heterocycles. The molecule has 0 heterocycles. The number of alkyl halides is 1. The van der Waals surface area contributed by atoms with E-state index in [0.717, 1.165) is 22.4 Å². The van der Waals surface area contributed by atoms with E-state index in [1.165, 1.54) is 0 Å². The Balaban J connectivity index is 1.57. The third-order valence-electron chi connectivity index (χ3n) is 6.15. The Labute approximate surface area is 212 Å². The fourth-order valence-electron chi connectivity index (χ4n) is 3.90. The van der Waals surface area contributed by atoms with Crippen molar-refractivity contribution >= 4 is 21.4 Å². The molecule has 180 valence electrons. The summed E-state index contributed by atoms with van der Waals surface area (Å²) < 4.78 is 37.0. The first kappa shape index (κ1) is 24.8. The topological polar surface area (TPSA) is 52.6 Å². The summed E-state index contributed by atoms with van der Waals surface area (Å²) in [6.07, 6.45) is 0. The van der Waals surface area contributed by atoms with Crippen LogP contribution in [0.3, 0.4) is 0 Å². The number of halogens is 1. The van der Waals surface area contributed by atoms with E-state index in [1.54, 1.807) is 61.7 Å². The van der Waals surface area contributed by atoms with Crippen molar-refractivity contribution in [1.82, 2.24) is 0 Å². The molecule has 0 fully saturated rings. The predicted octanol–water partition coefficient (Wildman–Crippen LogP) is 7.39. The normalized spacial score (nSPS) is 11.8. The molecule has 0 saturated heterocycles. The molecule has 0 atom stereocenters. The Morgan fingerprint density at radius 1 is 0.743 bits per heavy atom. The number of hydrogen-bond acceptors (Lipinski definition) is 4. The van der Waals surface area contributed by atoms with Gasteiger partial charge in [-0.15, -0.1) is 11.6 Å². The lowest BCUT2D eigenvalue weighted by molar-refractivity contribution is 0.414. The zero-order chi connectivity index (χ0) is 25.1. The number of sulfone groups is 1. The highest BCUT2D eigenvalue weighted by atomic mass is 35.5. The lowest BCUT2D eigenvalue weighted by Crippen LogP contribution is -2.19. The van der Waals surface area contributed by atoms with Crippen LogP contribution in [-0.2, 0) is 21.1 Å². The average Bonchev–Trinajstić information content (AvgIpc) is 2.89. The Kier molecular flexibility index (Phi) is 7.20. The quantitative estimate of drug-likeness (QED) is 0.234. The van der Waals surface area contributed by atoms with Crippen molar-refractivity contribution in [3.8, 4) is 17.2 Å². The van der Waals surface area contributed by atoms with Crippen LogP contribution in [0.4, 0.5) is 0 Å². The highest BCUT2D eigenvalue weighted by Crippen LogP contribution is 2.36. The van der Waals surface area contributed by atoms with Gasteiger partial charge in [0.25, 0.3) is 0 Å². The van der Waals surface area contributed by atoms with Crippen LogP contribution in [0.15, 0.2) is 107 Å². The maximum Gasteiger partial charge on any atom is 0.206 e. The molecule has 0 N–H and O–H groups in total. The van der Waals surface area contributed by atoms with Crippen molar-refractivity contribution in [2.24, 2.45) is 0 Å². The first-order valence-electron chi connectivity index (χ1n) is 11.2. The van der Waals surface area contributed by atoms with Gasteiger partial charge in [0, 0.05) is 11.0 Å². The summed E-state index contributed by atoms with van der Waals surface area (Å²) in [5.41, 5.74) is 2.86. The molecule has 4 nitrogen and oxygen atoms in total. The second-order valence-electron chi connectivity index (χ2n) is 8.70. The molecule has 0 aliphatic rings. The van der Waals surface area contributed by atoms with Gasteiger partial charge in [-0.3, -0.25) is 0 Å². The van der Waals surface area contributed by atoms with Gasteiger partial charge < -0.3 is 9.47 Å². The van der Waals surface area contributed by atoms with Crippen molar-refractivity contribution < 1.29 is 17.9 Å². The van der Waals surface area contributed by atoms with Gasteiger partial charge >= 0.3 is 0 Å². The van der Waals surface area contributed by atoms with Crippen molar-refractivity contribution in [1.29, 1.82) is 0 Å². The molecular formula is C29H27ClO4S. The number of methoxy groups -OCH3 is 1. The van der Waals surface area contributed by atoms with Crippen LogP contribution in [-0.4, -0.2) is 15.5 Å². The van der Waals surface area contributed by atoms with E-state index in [4.69, 9.17) is 21.1 Å². The van der Waals surface area contributed by atoms with Gasteiger partial charge in [0.2, 0.25) is 9.84 Å². The average molecular weight is 507 g/mol. The minimum atomic E-state index is -3.58. The second-order valence-corrected chi connectivity index (χ2v) is 10.9. The fourth-order valence-corrected chi connectivity index (χ4v) is 5.39. The number of benzene rings is 4. The maximum absolute atomic E-state index is 12.8. The number of rotatable bonds is 8. The lowest BCUT2D eigenvalue weighted by Gasteiger charge is -2.27. The van der Waals surface area contributed by atoms with Crippen LogP contribution in [0.1, 0.15) is 30.5 Å². The van der Waals surface area contributed by atoms with Gasteiger partial charge in [0.05, 0.1) is 22.8 Å². The molecule has 4 aromatic carbocycles. The summed E-state index contributed by atoms with van der Waals surface area (Å²) in [5, 5.41) is 0. The van der Waals surface area contributed by atoms with Crippen molar-refractivity contribution in [2.75, 3.05) is 7.11 Å². The van der Waals surface area contributed by atoms with Gasteiger partial charge in [0.1, 0.15) is 17.2 Å². The molecule has 0 radical (unpaired) electrons. The van der Waals surface area contributed by atoms with E-state index < -0.39 is 9.84 Å². The zero-order valence-corrected chi connectivity index (χ0v) is 21.4. The van der Waals surface area contributed by atoms with Crippen molar-refractivity contribution in [3.63, 3.8) is 0 Å². The van der Waals surface area contributed by atoms with E-state index in [9.17, 15) is 8.42 Å². The van der Waals surface area contributed by atoms with Gasteiger partial charge in [-0.1, -0.05) is 50.2 Å². The molecule has 0 aliphatic carbocycles. The van der Waals surface area contributed by atoms with Crippen molar-refractivity contribution in [2.45, 2.75) is 34.9 Å². The SMILES string of the molecule is COc1ccc(C(C)(C)c2ccc(Oc3ccc(S(=O)(=O)c4ccccc4)cc3)c(CCl)c2)cc1. The third-order valence-corrected chi connectivity index (χ3v) is 8.23. The molecule has 0 saturated carbocycles. The van der Waals surface area contributed by atoms with Crippen LogP contribution in [0.2, 0.25) is 0 Å². The minimum absolute atomic E-state index is 0.213. The second kappa shape index (κ2) is 10.1.